The van der Waals surface area contributed by atoms with E-state index in [0.29, 0.717) is 12.1 Å². The predicted molar refractivity (Wildman–Crippen MR) is 125 cm³/mol. The lowest BCUT2D eigenvalue weighted by atomic mass is 9.84. The number of allylic oxidation sites excluding steroid dienone is 1. The molecule has 3 rings (SSSR count). The molecule has 32 heavy (non-hydrogen) atoms. The van der Waals surface area contributed by atoms with E-state index >= 15 is 0 Å². The number of benzene rings is 2. The van der Waals surface area contributed by atoms with Gasteiger partial charge in [-0.25, -0.2) is 0 Å². The van der Waals surface area contributed by atoms with E-state index in [9.17, 15) is 14.7 Å². The van der Waals surface area contributed by atoms with Crippen molar-refractivity contribution in [2.75, 3.05) is 0 Å². The monoisotopic (exact) mass is 430 g/mol. The van der Waals surface area contributed by atoms with Crippen molar-refractivity contribution in [3.05, 3.63) is 75.9 Å². The maximum absolute atomic E-state index is 12.9. The van der Waals surface area contributed by atoms with E-state index in [4.69, 9.17) is 5.26 Å². The highest BCUT2D eigenvalue weighted by Gasteiger charge is 2.44. The summed E-state index contributed by atoms with van der Waals surface area (Å²) in [5.41, 5.74) is 5.53. The molecule has 0 heterocycles. The third-order valence-corrected chi connectivity index (χ3v) is 6.20. The van der Waals surface area contributed by atoms with Crippen molar-refractivity contribution in [2.24, 2.45) is 5.92 Å². The largest absolute Gasteiger partial charge is 0.392 e. The van der Waals surface area contributed by atoms with E-state index in [-0.39, 0.29) is 24.5 Å². The van der Waals surface area contributed by atoms with Gasteiger partial charge in [-0.2, -0.15) is 5.26 Å². The number of carbonyl (C=O) groups is 2. The SMILES string of the molecule is C/C=C/c1cc(C)c(C2C(=O)CC(CC(=O)NCc3ccc(C#N)cc3)C2O)c(CC)c1. The van der Waals surface area contributed by atoms with E-state index < -0.39 is 17.9 Å². The van der Waals surface area contributed by atoms with Crippen LogP contribution in [0.3, 0.4) is 0 Å². The first-order chi connectivity index (χ1) is 15.4. The number of nitriles is 1. The molecule has 1 aliphatic rings. The Labute approximate surface area is 189 Å². The molecule has 3 unspecified atom stereocenters. The summed E-state index contributed by atoms with van der Waals surface area (Å²) >= 11 is 0. The molecule has 3 atom stereocenters. The van der Waals surface area contributed by atoms with Crippen LogP contribution in [0.1, 0.15) is 66.0 Å². The Bertz CT molecular complexity index is 1060. The fourth-order valence-corrected chi connectivity index (χ4v) is 4.63. The minimum Gasteiger partial charge on any atom is -0.392 e. The molecule has 2 aromatic carbocycles. The van der Waals surface area contributed by atoms with Gasteiger partial charge in [-0.15, -0.1) is 0 Å². The lowest BCUT2D eigenvalue weighted by Gasteiger charge is -2.23. The first kappa shape index (κ1) is 23.4. The number of nitrogens with one attached hydrogen (secondary N) is 1. The van der Waals surface area contributed by atoms with Crippen LogP contribution in [-0.4, -0.2) is 22.9 Å². The van der Waals surface area contributed by atoms with Crippen molar-refractivity contribution in [3.63, 3.8) is 0 Å². The van der Waals surface area contributed by atoms with Gasteiger partial charge in [0.15, 0.2) is 0 Å². The van der Waals surface area contributed by atoms with Gasteiger partial charge in [0.25, 0.3) is 0 Å². The summed E-state index contributed by atoms with van der Waals surface area (Å²) in [6.45, 7) is 6.35. The Kier molecular flexibility index (Phi) is 7.61. The predicted octanol–water partition coefficient (Wildman–Crippen LogP) is 4.20. The number of amides is 1. The number of rotatable bonds is 7. The molecule has 0 saturated heterocycles. The third kappa shape index (κ3) is 5.15. The van der Waals surface area contributed by atoms with Crippen LogP contribution in [0.25, 0.3) is 6.08 Å². The van der Waals surface area contributed by atoms with Gasteiger partial charge in [-0.1, -0.05) is 43.3 Å². The number of aliphatic hydroxyl groups is 1. The van der Waals surface area contributed by atoms with Gasteiger partial charge in [-0.05, 0) is 60.2 Å². The van der Waals surface area contributed by atoms with E-state index in [2.05, 4.69) is 24.4 Å². The summed E-state index contributed by atoms with van der Waals surface area (Å²) < 4.78 is 0. The Morgan fingerprint density at radius 1 is 1.28 bits per heavy atom. The normalized spacial score (nSPS) is 20.5. The quantitative estimate of drug-likeness (QED) is 0.689. The lowest BCUT2D eigenvalue weighted by Crippen LogP contribution is -2.29. The molecule has 0 aromatic heterocycles. The summed E-state index contributed by atoms with van der Waals surface area (Å²) in [7, 11) is 0. The zero-order valence-electron chi connectivity index (χ0n) is 18.9. The summed E-state index contributed by atoms with van der Waals surface area (Å²) in [5.74, 6) is -1.17. The number of aliphatic hydroxyl groups excluding tert-OH is 1. The zero-order chi connectivity index (χ0) is 23.3. The Balaban J connectivity index is 1.70. The molecule has 5 heteroatoms. The van der Waals surface area contributed by atoms with Crippen molar-refractivity contribution in [1.82, 2.24) is 5.32 Å². The van der Waals surface area contributed by atoms with E-state index in [0.717, 1.165) is 34.2 Å². The molecule has 0 radical (unpaired) electrons. The van der Waals surface area contributed by atoms with Crippen LogP contribution in [0.4, 0.5) is 0 Å². The highest BCUT2D eigenvalue weighted by molar-refractivity contribution is 5.91. The van der Waals surface area contributed by atoms with Gasteiger partial charge >= 0.3 is 0 Å². The second kappa shape index (κ2) is 10.4. The van der Waals surface area contributed by atoms with Crippen molar-refractivity contribution in [3.8, 4) is 6.07 Å². The minimum absolute atomic E-state index is 0.000948. The molecule has 2 aromatic rings. The summed E-state index contributed by atoms with van der Waals surface area (Å²) in [4.78, 5) is 25.4. The van der Waals surface area contributed by atoms with Crippen molar-refractivity contribution in [2.45, 2.75) is 58.6 Å². The molecule has 0 bridgehead atoms. The second-order valence-corrected chi connectivity index (χ2v) is 8.45. The fraction of sp³-hybridized carbons (Fsp3) is 0.370. The van der Waals surface area contributed by atoms with Gasteiger partial charge in [0.2, 0.25) is 5.91 Å². The summed E-state index contributed by atoms with van der Waals surface area (Å²) in [6, 6.07) is 13.2. The lowest BCUT2D eigenvalue weighted by molar-refractivity contribution is -0.122. The first-order valence-electron chi connectivity index (χ1n) is 11.1. The molecular weight excluding hydrogens is 400 g/mol. The third-order valence-electron chi connectivity index (χ3n) is 6.20. The smallest absolute Gasteiger partial charge is 0.220 e. The zero-order valence-corrected chi connectivity index (χ0v) is 18.9. The number of hydrogen-bond acceptors (Lipinski definition) is 4. The number of aryl methyl sites for hydroxylation is 2. The van der Waals surface area contributed by atoms with Gasteiger partial charge in [0.1, 0.15) is 5.78 Å². The number of Topliss-reactive ketones (excluding diaryl/α,β-unsaturated/α-hetero) is 1. The average Bonchev–Trinajstić information content (AvgIpc) is 3.05. The average molecular weight is 431 g/mol. The van der Waals surface area contributed by atoms with Crippen molar-refractivity contribution < 1.29 is 14.7 Å². The van der Waals surface area contributed by atoms with Crippen LogP contribution in [0, 0.1) is 24.2 Å². The molecule has 1 saturated carbocycles. The number of ketones is 1. The maximum atomic E-state index is 12.9. The summed E-state index contributed by atoms with van der Waals surface area (Å²) in [6.07, 6.45) is 4.22. The van der Waals surface area contributed by atoms with Gasteiger partial charge in [0, 0.05) is 25.3 Å². The maximum Gasteiger partial charge on any atom is 0.220 e. The van der Waals surface area contributed by atoms with Crippen LogP contribution < -0.4 is 5.32 Å². The van der Waals surface area contributed by atoms with Crippen LogP contribution in [0.2, 0.25) is 0 Å². The van der Waals surface area contributed by atoms with Crippen LogP contribution in [0.15, 0.2) is 42.5 Å². The highest BCUT2D eigenvalue weighted by atomic mass is 16.3. The Hall–Kier alpha value is -3.23. The van der Waals surface area contributed by atoms with Crippen LogP contribution in [0.5, 0.6) is 0 Å². The number of nitrogens with zero attached hydrogens (tertiary/aromatic N) is 1. The minimum atomic E-state index is -0.875. The molecule has 0 aliphatic heterocycles. The molecular formula is C27H30N2O3. The molecule has 0 spiro atoms. The van der Waals surface area contributed by atoms with Gasteiger partial charge in [0.05, 0.1) is 23.7 Å². The molecule has 166 valence electrons. The highest BCUT2D eigenvalue weighted by Crippen LogP contribution is 2.40. The van der Waals surface area contributed by atoms with Gasteiger partial charge < -0.3 is 10.4 Å². The van der Waals surface area contributed by atoms with Crippen LogP contribution >= 0.6 is 0 Å². The topological polar surface area (TPSA) is 90.2 Å². The van der Waals surface area contributed by atoms with E-state index in [1.165, 1.54) is 0 Å². The fourth-order valence-electron chi connectivity index (χ4n) is 4.63. The van der Waals surface area contributed by atoms with Crippen molar-refractivity contribution in [1.29, 1.82) is 5.26 Å². The first-order valence-corrected chi connectivity index (χ1v) is 11.1. The molecule has 2 N–H and O–H groups in total. The molecule has 1 aliphatic carbocycles. The van der Waals surface area contributed by atoms with Crippen molar-refractivity contribution >= 4 is 17.8 Å². The van der Waals surface area contributed by atoms with Crippen LogP contribution in [-0.2, 0) is 22.6 Å². The number of carbonyl (C=O) groups excluding carboxylic acids is 2. The molecule has 5 nitrogen and oxygen atoms in total. The van der Waals surface area contributed by atoms with E-state index in [1.54, 1.807) is 24.3 Å². The standard InChI is InChI=1S/C27H30N2O3/c1-4-6-20-11-17(3)25(21(5-2)12-20)26-23(30)13-22(27(26)32)14-24(31)29-16-19-9-7-18(15-28)8-10-19/h4,6-12,22,26-27,32H,5,13-14,16H2,1-3H3,(H,29,31)/b6-4+. The summed E-state index contributed by atoms with van der Waals surface area (Å²) in [5, 5.41) is 22.8. The Morgan fingerprint density at radius 3 is 2.62 bits per heavy atom. The molecule has 1 amide bonds. The van der Waals surface area contributed by atoms with Gasteiger partial charge in [-0.3, -0.25) is 9.59 Å². The number of hydrogen-bond donors (Lipinski definition) is 2. The Morgan fingerprint density at radius 2 is 2.00 bits per heavy atom. The molecule has 1 fully saturated rings. The van der Waals surface area contributed by atoms with E-state index in [1.807, 2.05) is 32.1 Å². The second-order valence-electron chi connectivity index (χ2n) is 8.45.